The summed E-state index contributed by atoms with van der Waals surface area (Å²) in [6.45, 7) is 3.84. The van der Waals surface area contributed by atoms with E-state index in [9.17, 15) is 4.79 Å². The van der Waals surface area contributed by atoms with Gasteiger partial charge in [-0.3, -0.25) is 4.79 Å². The molecule has 3 nitrogen and oxygen atoms in total. The third-order valence-electron chi connectivity index (χ3n) is 5.65. The molecule has 2 atom stereocenters. The van der Waals surface area contributed by atoms with Crippen molar-refractivity contribution in [2.75, 3.05) is 0 Å². The Labute approximate surface area is 166 Å². The molecule has 1 aliphatic carbocycles. The minimum absolute atomic E-state index is 0.0432. The van der Waals surface area contributed by atoms with Crippen LogP contribution < -0.4 is 10.1 Å². The van der Waals surface area contributed by atoms with E-state index in [-0.39, 0.29) is 11.9 Å². The van der Waals surface area contributed by atoms with Gasteiger partial charge in [0, 0.05) is 5.39 Å². The van der Waals surface area contributed by atoms with Crippen LogP contribution in [0, 0.1) is 0 Å². The number of rotatable bonds is 5. The van der Waals surface area contributed by atoms with E-state index in [4.69, 9.17) is 4.74 Å². The highest BCUT2D eigenvalue weighted by molar-refractivity contribution is 5.89. The van der Waals surface area contributed by atoms with Crippen molar-refractivity contribution in [2.24, 2.45) is 0 Å². The number of carbonyl (C=O) groups is 1. The minimum Gasteiger partial charge on any atom is -0.480 e. The maximum atomic E-state index is 12.7. The van der Waals surface area contributed by atoms with E-state index in [1.54, 1.807) is 6.92 Å². The molecule has 0 fully saturated rings. The SMILES string of the molecule is C[C@H](Oc1cccc2ccccc12)C(=O)N[C@H](C)c1ccc2c(c1)CCCC2. The van der Waals surface area contributed by atoms with Gasteiger partial charge < -0.3 is 10.1 Å². The Balaban J connectivity index is 1.44. The predicted octanol–water partition coefficient (Wildman–Crippen LogP) is 5.36. The number of amides is 1. The lowest BCUT2D eigenvalue weighted by Crippen LogP contribution is -2.37. The molecule has 3 aromatic carbocycles. The lowest BCUT2D eigenvalue weighted by Gasteiger charge is -2.22. The quantitative estimate of drug-likeness (QED) is 0.653. The molecule has 0 heterocycles. The first-order chi connectivity index (χ1) is 13.6. The molecule has 1 aliphatic rings. The maximum Gasteiger partial charge on any atom is 0.261 e. The van der Waals surface area contributed by atoms with Gasteiger partial charge in [0.2, 0.25) is 0 Å². The Hall–Kier alpha value is -2.81. The van der Waals surface area contributed by atoms with Crippen LogP contribution in [0.15, 0.2) is 60.7 Å². The van der Waals surface area contributed by atoms with E-state index in [1.165, 1.54) is 30.4 Å². The molecule has 28 heavy (non-hydrogen) atoms. The summed E-state index contributed by atoms with van der Waals surface area (Å²) < 4.78 is 6.00. The summed E-state index contributed by atoms with van der Waals surface area (Å²) in [5.74, 6) is 0.639. The van der Waals surface area contributed by atoms with Crippen LogP contribution >= 0.6 is 0 Å². The Kier molecular flexibility index (Phi) is 5.34. The molecule has 0 aliphatic heterocycles. The summed E-state index contributed by atoms with van der Waals surface area (Å²) in [6.07, 6.45) is 4.29. The second kappa shape index (κ2) is 8.05. The number of ether oxygens (including phenoxy) is 1. The Morgan fingerprint density at radius 2 is 1.68 bits per heavy atom. The molecule has 1 amide bonds. The summed E-state index contributed by atoms with van der Waals surface area (Å²) in [6, 6.07) is 20.6. The summed E-state index contributed by atoms with van der Waals surface area (Å²) in [7, 11) is 0. The van der Waals surface area contributed by atoms with E-state index >= 15 is 0 Å². The second-order valence-corrected chi connectivity index (χ2v) is 7.70. The molecule has 0 unspecified atom stereocenters. The molecule has 1 N–H and O–H groups in total. The lowest BCUT2D eigenvalue weighted by molar-refractivity contribution is -0.127. The van der Waals surface area contributed by atoms with Crippen molar-refractivity contribution in [3.05, 3.63) is 77.4 Å². The van der Waals surface area contributed by atoms with E-state index in [2.05, 4.69) is 23.5 Å². The van der Waals surface area contributed by atoms with Crippen molar-refractivity contribution >= 4 is 16.7 Å². The van der Waals surface area contributed by atoms with Gasteiger partial charge in [-0.1, -0.05) is 54.6 Å². The zero-order chi connectivity index (χ0) is 19.5. The number of benzene rings is 3. The van der Waals surface area contributed by atoms with Gasteiger partial charge in [0.15, 0.2) is 6.10 Å². The van der Waals surface area contributed by atoms with E-state index in [1.807, 2.05) is 49.4 Å². The van der Waals surface area contributed by atoms with E-state index < -0.39 is 6.10 Å². The third kappa shape index (κ3) is 3.89. The number of carbonyl (C=O) groups excluding carboxylic acids is 1. The van der Waals surface area contributed by atoms with Crippen LogP contribution in [0.4, 0.5) is 0 Å². The lowest BCUT2D eigenvalue weighted by atomic mass is 9.89. The van der Waals surface area contributed by atoms with Gasteiger partial charge in [0.05, 0.1) is 6.04 Å². The molecule has 0 saturated heterocycles. The standard InChI is InChI=1S/C25H27NO2/c1-17(21-15-14-19-8-3-4-10-22(19)16-21)26-25(27)18(2)28-24-13-7-11-20-9-5-6-12-23(20)24/h5-7,9,11-18H,3-4,8,10H2,1-2H3,(H,26,27)/t17-,18+/m1/s1. The van der Waals surface area contributed by atoms with Gasteiger partial charge >= 0.3 is 0 Å². The Morgan fingerprint density at radius 1 is 0.929 bits per heavy atom. The highest BCUT2D eigenvalue weighted by Crippen LogP contribution is 2.27. The van der Waals surface area contributed by atoms with Gasteiger partial charge in [-0.25, -0.2) is 0 Å². The van der Waals surface area contributed by atoms with Crippen LogP contribution in [0.2, 0.25) is 0 Å². The van der Waals surface area contributed by atoms with Crippen molar-refractivity contribution < 1.29 is 9.53 Å². The van der Waals surface area contributed by atoms with E-state index in [0.29, 0.717) is 0 Å². The molecule has 0 spiro atoms. The number of hydrogen-bond acceptors (Lipinski definition) is 2. The van der Waals surface area contributed by atoms with Crippen molar-refractivity contribution in [2.45, 2.75) is 51.7 Å². The van der Waals surface area contributed by atoms with Crippen LogP contribution in [0.3, 0.4) is 0 Å². The second-order valence-electron chi connectivity index (χ2n) is 7.70. The van der Waals surface area contributed by atoms with Crippen LogP contribution in [-0.2, 0) is 17.6 Å². The molecular formula is C25H27NO2. The van der Waals surface area contributed by atoms with Gasteiger partial charge in [-0.15, -0.1) is 0 Å². The number of nitrogens with one attached hydrogen (secondary N) is 1. The molecule has 4 rings (SSSR count). The summed E-state index contributed by atoms with van der Waals surface area (Å²) in [4.78, 5) is 12.7. The number of aryl methyl sites for hydroxylation is 2. The molecule has 144 valence electrons. The summed E-state index contributed by atoms with van der Waals surface area (Å²) in [5.41, 5.74) is 4.05. The predicted molar refractivity (Wildman–Crippen MR) is 114 cm³/mol. The van der Waals surface area contributed by atoms with Crippen molar-refractivity contribution in [3.8, 4) is 5.75 Å². The zero-order valence-corrected chi connectivity index (χ0v) is 16.6. The van der Waals surface area contributed by atoms with Gasteiger partial charge in [-0.05, 0) is 67.7 Å². The summed E-state index contributed by atoms with van der Waals surface area (Å²) >= 11 is 0. The first-order valence-electron chi connectivity index (χ1n) is 10.2. The number of fused-ring (bicyclic) bond motifs is 2. The smallest absolute Gasteiger partial charge is 0.261 e. The average molecular weight is 373 g/mol. The summed E-state index contributed by atoms with van der Waals surface area (Å²) in [5, 5.41) is 5.23. The molecule has 0 radical (unpaired) electrons. The van der Waals surface area contributed by atoms with Gasteiger partial charge in [-0.2, -0.15) is 0 Å². The van der Waals surface area contributed by atoms with Crippen LogP contribution in [0.5, 0.6) is 5.75 Å². The highest BCUT2D eigenvalue weighted by atomic mass is 16.5. The fourth-order valence-electron chi connectivity index (χ4n) is 3.98. The fourth-order valence-corrected chi connectivity index (χ4v) is 3.98. The topological polar surface area (TPSA) is 38.3 Å². The Morgan fingerprint density at radius 3 is 2.54 bits per heavy atom. The van der Waals surface area contributed by atoms with Crippen LogP contribution in [0.1, 0.15) is 49.4 Å². The van der Waals surface area contributed by atoms with Gasteiger partial charge in [0.1, 0.15) is 5.75 Å². The maximum absolute atomic E-state index is 12.7. The van der Waals surface area contributed by atoms with Crippen LogP contribution in [-0.4, -0.2) is 12.0 Å². The molecule has 0 saturated carbocycles. The van der Waals surface area contributed by atoms with Crippen molar-refractivity contribution in [1.82, 2.24) is 5.32 Å². The molecule has 3 aromatic rings. The average Bonchev–Trinajstić information content (AvgIpc) is 2.73. The molecule has 0 aromatic heterocycles. The highest BCUT2D eigenvalue weighted by Gasteiger charge is 2.19. The Bertz CT molecular complexity index is 990. The number of hydrogen-bond donors (Lipinski definition) is 1. The molecule has 3 heteroatoms. The third-order valence-corrected chi connectivity index (χ3v) is 5.65. The fraction of sp³-hybridized carbons (Fsp3) is 0.320. The largest absolute Gasteiger partial charge is 0.480 e. The zero-order valence-electron chi connectivity index (χ0n) is 16.6. The monoisotopic (exact) mass is 373 g/mol. The van der Waals surface area contributed by atoms with E-state index in [0.717, 1.165) is 28.5 Å². The molecule has 0 bridgehead atoms. The normalized spacial score (nSPS) is 15.5. The van der Waals surface area contributed by atoms with Gasteiger partial charge in [0.25, 0.3) is 5.91 Å². The first kappa shape index (κ1) is 18.5. The minimum atomic E-state index is -0.564. The van der Waals surface area contributed by atoms with Crippen molar-refractivity contribution in [3.63, 3.8) is 0 Å². The van der Waals surface area contributed by atoms with Crippen LogP contribution in [0.25, 0.3) is 10.8 Å². The first-order valence-corrected chi connectivity index (χ1v) is 10.2. The molecular weight excluding hydrogens is 346 g/mol. The van der Waals surface area contributed by atoms with Crippen molar-refractivity contribution in [1.29, 1.82) is 0 Å².